The maximum atomic E-state index is 4.58. The maximum absolute atomic E-state index is 4.58. The zero-order valence-corrected chi connectivity index (χ0v) is 14.9. The van der Waals surface area contributed by atoms with Crippen LogP contribution >= 0.6 is 11.8 Å². The topological polar surface area (TPSA) is 47.9 Å². The van der Waals surface area contributed by atoms with Crippen molar-refractivity contribution in [1.82, 2.24) is 24.8 Å². The molecule has 126 valence electrons. The number of nitrogens with zero attached hydrogens (tertiary/aromatic N) is 6. The van der Waals surface area contributed by atoms with E-state index < -0.39 is 0 Å². The van der Waals surface area contributed by atoms with Gasteiger partial charge in [-0.1, -0.05) is 17.8 Å². The predicted octanol–water partition coefficient (Wildman–Crippen LogP) is 2.22. The Morgan fingerprint density at radius 1 is 1.04 bits per heavy atom. The van der Waals surface area contributed by atoms with Gasteiger partial charge in [-0.25, -0.2) is 0 Å². The van der Waals surface area contributed by atoms with Crippen molar-refractivity contribution in [3.63, 3.8) is 0 Å². The summed E-state index contributed by atoms with van der Waals surface area (Å²) in [6, 6.07) is 6.81. The molecule has 0 spiro atoms. The largest absolute Gasteiger partial charge is 0.347 e. The maximum Gasteiger partial charge on any atom is 0.185 e. The van der Waals surface area contributed by atoms with E-state index in [1.807, 2.05) is 23.8 Å². The van der Waals surface area contributed by atoms with E-state index in [4.69, 9.17) is 0 Å². The fraction of sp³-hybridized carbons (Fsp3) is 0.471. The number of fused-ring (bicyclic) bond motifs is 1. The van der Waals surface area contributed by atoms with Gasteiger partial charge in [-0.3, -0.25) is 19.9 Å². The van der Waals surface area contributed by atoms with E-state index in [1.54, 1.807) is 12.4 Å². The van der Waals surface area contributed by atoms with E-state index in [0.29, 0.717) is 6.04 Å². The van der Waals surface area contributed by atoms with E-state index in [0.717, 1.165) is 43.1 Å². The second kappa shape index (κ2) is 6.57. The van der Waals surface area contributed by atoms with Crippen molar-refractivity contribution < 1.29 is 0 Å². The summed E-state index contributed by atoms with van der Waals surface area (Å²) in [5.41, 5.74) is 3.24. The van der Waals surface area contributed by atoms with Gasteiger partial charge in [0.2, 0.25) is 0 Å². The molecule has 2 aliphatic heterocycles. The predicted molar refractivity (Wildman–Crippen MR) is 98.8 cm³/mol. The number of rotatable bonds is 2. The third kappa shape index (κ3) is 3.06. The smallest absolute Gasteiger partial charge is 0.185 e. The highest BCUT2D eigenvalue weighted by Gasteiger charge is 2.26. The summed E-state index contributed by atoms with van der Waals surface area (Å²) >= 11 is 1.83. The number of aromatic nitrogens is 2. The van der Waals surface area contributed by atoms with Crippen LogP contribution in [0.2, 0.25) is 0 Å². The third-order valence-corrected chi connectivity index (χ3v) is 5.85. The van der Waals surface area contributed by atoms with Gasteiger partial charge >= 0.3 is 0 Å². The van der Waals surface area contributed by atoms with Crippen molar-refractivity contribution in [2.24, 2.45) is 5.10 Å². The van der Waals surface area contributed by atoms with Crippen molar-refractivity contribution in [2.75, 3.05) is 39.1 Å². The lowest BCUT2D eigenvalue weighted by atomic mass is 10.1. The second-order valence-electron chi connectivity index (χ2n) is 6.32. The number of piperazine rings is 1. The highest BCUT2D eigenvalue weighted by Crippen LogP contribution is 2.25. The molecule has 0 N–H and O–H groups in total. The summed E-state index contributed by atoms with van der Waals surface area (Å²) in [6.07, 6.45) is 3.50. The standard InChI is InChI=1S/C17H22N6S/c1-13(14-3-4-15-16(11-14)19-6-5-18-15)22-7-9-23(10-8-22)17-20-21(2)12-24-17/h3-6,11,13H,7-10,12H2,1-2H3. The Labute approximate surface area is 146 Å². The molecule has 0 amide bonds. The van der Waals surface area contributed by atoms with Crippen molar-refractivity contribution >= 4 is 28.0 Å². The molecule has 0 saturated carbocycles. The Hall–Kier alpha value is -1.86. The highest BCUT2D eigenvalue weighted by atomic mass is 32.2. The number of benzene rings is 1. The summed E-state index contributed by atoms with van der Waals surface area (Å²) in [7, 11) is 2.03. The number of hydrogen-bond donors (Lipinski definition) is 0. The first-order valence-electron chi connectivity index (χ1n) is 8.33. The molecule has 1 unspecified atom stereocenters. The first-order valence-corrected chi connectivity index (χ1v) is 9.31. The summed E-state index contributed by atoms with van der Waals surface area (Å²) in [6.45, 7) is 6.48. The molecule has 6 nitrogen and oxygen atoms in total. The molecule has 3 heterocycles. The van der Waals surface area contributed by atoms with E-state index in [9.17, 15) is 0 Å². The van der Waals surface area contributed by atoms with Crippen LogP contribution in [-0.4, -0.2) is 69.0 Å². The van der Waals surface area contributed by atoms with Gasteiger partial charge in [0.1, 0.15) is 0 Å². The van der Waals surface area contributed by atoms with Crippen LogP contribution in [-0.2, 0) is 0 Å². The normalized spacial score (nSPS) is 20.5. The summed E-state index contributed by atoms with van der Waals surface area (Å²) in [5.74, 6) is 0.962. The SMILES string of the molecule is CC(c1ccc2nccnc2c1)N1CCN(C2=NN(C)CS2)CC1. The molecule has 4 rings (SSSR count). The minimum absolute atomic E-state index is 0.388. The zero-order chi connectivity index (χ0) is 16.5. The van der Waals surface area contributed by atoms with E-state index in [1.165, 1.54) is 10.7 Å². The van der Waals surface area contributed by atoms with Gasteiger partial charge in [0, 0.05) is 51.7 Å². The molecule has 2 aliphatic rings. The van der Waals surface area contributed by atoms with Gasteiger partial charge in [0.25, 0.3) is 0 Å². The second-order valence-corrected chi connectivity index (χ2v) is 7.23. The Bertz CT molecular complexity index is 756. The number of hydrazone groups is 1. The van der Waals surface area contributed by atoms with Gasteiger partial charge in [0.05, 0.1) is 16.9 Å². The first kappa shape index (κ1) is 15.7. The average molecular weight is 342 g/mol. The number of amidine groups is 1. The summed E-state index contributed by atoms with van der Waals surface area (Å²) in [4.78, 5) is 13.7. The van der Waals surface area contributed by atoms with Crippen LogP contribution in [0, 0.1) is 0 Å². The van der Waals surface area contributed by atoms with Gasteiger partial charge in [-0.2, -0.15) is 5.10 Å². The molecule has 7 heteroatoms. The average Bonchev–Trinajstić information content (AvgIpc) is 3.07. The quantitative estimate of drug-likeness (QED) is 0.834. The molecule has 1 aromatic carbocycles. The van der Waals surface area contributed by atoms with Crippen LogP contribution in [0.5, 0.6) is 0 Å². The molecule has 0 radical (unpaired) electrons. The van der Waals surface area contributed by atoms with E-state index >= 15 is 0 Å². The minimum atomic E-state index is 0.388. The molecular weight excluding hydrogens is 320 g/mol. The van der Waals surface area contributed by atoms with Crippen LogP contribution in [0.1, 0.15) is 18.5 Å². The molecule has 1 atom stereocenters. The van der Waals surface area contributed by atoms with Crippen LogP contribution in [0.4, 0.5) is 0 Å². The van der Waals surface area contributed by atoms with Crippen molar-refractivity contribution in [3.8, 4) is 0 Å². The monoisotopic (exact) mass is 342 g/mol. The molecule has 1 aromatic heterocycles. The fourth-order valence-corrected chi connectivity index (χ4v) is 4.18. The minimum Gasteiger partial charge on any atom is -0.347 e. The lowest BCUT2D eigenvalue weighted by molar-refractivity contribution is 0.141. The molecule has 0 aliphatic carbocycles. The van der Waals surface area contributed by atoms with E-state index in [2.05, 4.69) is 50.0 Å². The lowest BCUT2D eigenvalue weighted by Gasteiger charge is -2.38. The van der Waals surface area contributed by atoms with Crippen molar-refractivity contribution in [3.05, 3.63) is 36.2 Å². The van der Waals surface area contributed by atoms with Crippen LogP contribution in [0.25, 0.3) is 11.0 Å². The van der Waals surface area contributed by atoms with Crippen LogP contribution in [0.3, 0.4) is 0 Å². The Morgan fingerprint density at radius 2 is 1.79 bits per heavy atom. The van der Waals surface area contributed by atoms with Crippen molar-refractivity contribution in [1.29, 1.82) is 0 Å². The van der Waals surface area contributed by atoms with E-state index in [-0.39, 0.29) is 0 Å². The number of thioether (sulfide) groups is 1. The summed E-state index contributed by atoms with van der Waals surface area (Å²) in [5, 5.41) is 7.76. The Morgan fingerprint density at radius 3 is 2.50 bits per heavy atom. The molecule has 2 aromatic rings. The molecule has 1 fully saturated rings. The summed E-state index contributed by atoms with van der Waals surface area (Å²) < 4.78 is 0. The van der Waals surface area contributed by atoms with Gasteiger partial charge in [0.15, 0.2) is 5.17 Å². The van der Waals surface area contributed by atoms with Gasteiger partial charge < -0.3 is 4.90 Å². The van der Waals surface area contributed by atoms with Crippen LogP contribution < -0.4 is 0 Å². The van der Waals surface area contributed by atoms with Gasteiger partial charge in [-0.05, 0) is 24.6 Å². The molecule has 0 bridgehead atoms. The Balaban J connectivity index is 1.43. The van der Waals surface area contributed by atoms with Crippen molar-refractivity contribution in [2.45, 2.75) is 13.0 Å². The number of hydrogen-bond acceptors (Lipinski definition) is 7. The Kier molecular flexibility index (Phi) is 4.28. The first-order chi connectivity index (χ1) is 11.7. The van der Waals surface area contributed by atoms with Gasteiger partial charge in [-0.15, -0.1) is 0 Å². The molecular formula is C17H22N6S. The zero-order valence-electron chi connectivity index (χ0n) is 14.1. The molecule has 24 heavy (non-hydrogen) atoms. The third-order valence-electron chi connectivity index (χ3n) is 4.75. The fourth-order valence-electron chi connectivity index (χ4n) is 3.26. The highest BCUT2D eigenvalue weighted by molar-refractivity contribution is 8.13. The molecule has 1 saturated heterocycles. The lowest BCUT2D eigenvalue weighted by Crippen LogP contribution is -2.48. The van der Waals surface area contributed by atoms with Crippen LogP contribution in [0.15, 0.2) is 35.7 Å².